The second-order valence-electron chi connectivity index (χ2n) is 15.7. The van der Waals surface area contributed by atoms with Crippen molar-refractivity contribution in [3.8, 4) is 5.75 Å². The third-order valence-corrected chi connectivity index (χ3v) is 14.5. The first-order valence-corrected chi connectivity index (χ1v) is 21.7. The first-order chi connectivity index (χ1) is 24.4. The molecular weight excluding hydrogens is 677 g/mol. The first-order valence-electron chi connectivity index (χ1n) is 18.8. The molecule has 0 bridgehead atoms. The maximum absolute atomic E-state index is 14.3. The Morgan fingerprint density at radius 1 is 1.04 bits per heavy atom. The third-order valence-electron chi connectivity index (χ3n) is 10.1. The van der Waals surface area contributed by atoms with E-state index in [4.69, 9.17) is 13.9 Å². The van der Waals surface area contributed by atoms with Gasteiger partial charge in [-0.1, -0.05) is 65.8 Å². The zero-order valence-corrected chi connectivity index (χ0v) is 34.2. The van der Waals surface area contributed by atoms with Gasteiger partial charge in [-0.05, 0) is 86.7 Å². The summed E-state index contributed by atoms with van der Waals surface area (Å²) in [6, 6.07) is 5.01. The molecule has 1 saturated heterocycles. The zero-order valence-electron chi connectivity index (χ0n) is 33.2. The lowest BCUT2D eigenvalue weighted by Crippen LogP contribution is -2.62. The summed E-state index contributed by atoms with van der Waals surface area (Å²) in [5.41, 5.74) is 3.87. The highest BCUT2D eigenvalue weighted by Crippen LogP contribution is 2.37. The van der Waals surface area contributed by atoms with Crippen molar-refractivity contribution in [3.63, 3.8) is 0 Å². The molecule has 3 amide bonds. The Kier molecular flexibility index (Phi) is 18.3. The van der Waals surface area contributed by atoms with Gasteiger partial charge in [0.2, 0.25) is 20.1 Å². The number of hydrogen-bond donors (Lipinski definition) is 3. The van der Waals surface area contributed by atoms with Gasteiger partial charge in [0.1, 0.15) is 23.9 Å². The van der Waals surface area contributed by atoms with Crippen LogP contribution in [-0.2, 0) is 35.1 Å². The number of esters is 1. The predicted molar refractivity (Wildman–Crippen MR) is 209 cm³/mol. The van der Waals surface area contributed by atoms with E-state index in [2.05, 4.69) is 63.1 Å². The van der Waals surface area contributed by atoms with E-state index in [1.165, 1.54) is 5.01 Å². The number of amides is 3. The molecule has 12 heteroatoms. The molecule has 1 fully saturated rings. The van der Waals surface area contributed by atoms with Crippen molar-refractivity contribution in [3.05, 3.63) is 55.1 Å². The highest BCUT2D eigenvalue weighted by Gasteiger charge is 2.39. The summed E-state index contributed by atoms with van der Waals surface area (Å²) < 4.78 is 17.6. The zero-order chi connectivity index (χ0) is 39.1. The minimum Gasteiger partial charge on any atom is -0.543 e. The van der Waals surface area contributed by atoms with Crippen LogP contribution < -0.4 is 20.5 Å². The molecule has 11 nitrogen and oxygen atoms in total. The van der Waals surface area contributed by atoms with Crippen LogP contribution in [0.1, 0.15) is 92.1 Å². The molecule has 1 heterocycles. The summed E-state index contributed by atoms with van der Waals surface area (Å²) in [5.74, 6) is -1.68. The summed E-state index contributed by atoms with van der Waals surface area (Å²) in [6.07, 6.45) is 8.30. The molecule has 1 aromatic rings. The lowest BCUT2D eigenvalue weighted by atomic mass is 9.96. The van der Waals surface area contributed by atoms with Crippen LogP contribution in [0, 0.1) is 11.8 Å². The van der Waals surface area contributed by atoms with Gasteiger partial charge in [-0.2, -0.15) is 0 Å². The highest BCUT2D eigenvalue weighted by molar-refractivity contribution is 6.74. The highest BCUT2D eigenvalue weighted by atomic mass is 28.4. The largest absolute Gasteiger partial charge is 0.543 e. The van der Waals surface area contributed by atoms with Gasteiger partial charge in [-0.15, -0.1) is 13.2 Å². The maximum atomic E-state index is 14.3. The predicted octanol–water partition coefficient (Wildman–Crippen LogP) is 6.25. The molecule has 3 N–H and O–H groups in total. The summed E-state index contributed by atoms with van der Waals surface area (Å²) >= 11 is 0. The lowest BCUT2D eigenvalue weighted by Gasteiger charge is -2.36. The number of nitrogens with zero attached hydrogens (tertiary/aromatic N) is 1. The van der Waals surface area contributed by atoms with Gasteiger partial charge in [0.25, 0.3) is 5.91 Å². The van der Waals surface area contributed by atoms with Crippen LogP contribution in [-0.4, -0.2) is 81.5 Å². The van der Waals surface area contributed by atoms with Gasteiger partial charge < -0.3 is 24.5 Å². The fourth-order valence-electron chi connectivity index (χ4n) is 5.69. The molecule has 3 unspecified atom stereocenters. The Hall–Kier alpha value is -3.48. The number of unbranched alkanes of at least 4 members (excludes halogenated alkanes) is 2. The number of hydrogen-bond acceptors (Lipinski definition) is 8. The Bertz CT molecular complexity index is 1350. The molecule has 0 aromatic heterocycles. The Labute approximate surface area is 313 Å². The van der Waals surface area contributed by atoms with Crippen LogP contribution in [0.4, 0.5) is 0 Å². The first kappa shape index (κ1) is 44.7. The Morgan fingerprint density at radius 2 is 1.73 bits per heavy atom. The van der Waals surface area contributed by atoms with Gasteiger partial charge in [-0.3, -0.25) is 24.2 Å². The van der Waals surface area contributed by atoms with E-state index >= 15 is 0 Å². The van der Waals surface area contributed by atoms with E-state index in [1.54, 1.807) is 20.1 Å². The number of allylic oxidation sites excluding steroid dienone is 2. The van der Waals surface area contributed by atoms with Crippen molar-refractivity contribution in [1.29, 1.82) is 0 Å². The van der Waals surface area contributed by atoms with Crippen molar-refractivity contribution in [1.82, 2.24) is 21.1 Å². The molecule has 1 aliphatic heterocycles. The van der Waals surface area contributed by atoms with Crippen molar-refractivity contribution >= 4 is 32.0 Å². The van der Waals surface area contributed by atoms with Gasteiger partial charge in [0.15, 0.2) is 0 Å². The molecule has 52 heavy (non-hydrogen) atoms. The fourth-order valence-corrected chi connectivity index (χ4v) is 6.71. The molecule has 5 atom stereocenters. The number of methoxy groups -OCH3 is 1. The van der Waals surface area contributed by atoms with Crippen LogP contribution in [0.15, 0.2) is 49.6 Å². The van der Waals surface area contributed by atoms with Gasteiger partial charge >= 0.3 is 5.97 Å². The number of benzene rings is 1. The molecule has 0 spiro atoms. The van der Waals surface area contributed by atoms with Gasteiger partial charge in [0.05, 0.1) is 18.6 Å². The second-order valence-corrected chi connectivity index (χ2v) is 20.4. The molecule has 0 radical (unpaired) electrons. The maximum Gasteiger partial charge on any atom is 0.324 e. The molecule has 1 aliphatic rings. The van der Waals surface area contributed by atoms with E-state index in [0.717, 1.165) is 24.8 Å². The summed E-state index contributed by atoms with van der Waals surface area (Å²) in [7, 11) is -0.582. The van der Waals surface area contributed by atoms with Crippen molar-refractivity contribution in [2.45, 2.75) is 135 Å². The van der Waals surface area contributed by atoms with Crippen LogP contribution in [0.3, 0.4) is 0 Å². The van der Waals surface area contributed by atoms with Crippen LogP contribution >= 0.6 is 0 Å². The number of carbonyl (C=O) groups excluding carboxylic acids is 4. The second kappa shape index (κ2) is 21.3. The number of carbonyl (C=O) groups is 4. The number of hydrazine groups is 1. The molecular formula is C40H66N4O7Si. The smallest absolute Gasteiger partial charge is 0.324 e. The normalized spacial score (nSPS) is 17.3. The fraction of sp³-hybridized carbons (Fsp3) is 0.650. The van der Waals surface area contributed by atoms with Crippen LogP contribution in [0.25, 0.3) is 0 Å². The van der Waals surface area contributed by atoms with Crippen molar-refractivity contribution in [2.24, 2.45) is 11.8 Å². The van der Waals surface area contributed by atoms with E-state index < -0.39 is 50.1 Å². The standard InChI is InChI=1S/C40H66N4O7Si/c1-12-14-16-17-25-50-39(48)32-22-19-24-44(43-32)38(47)33(27-30-20-18-21-31(26-30)51-52(10,11)40(6,7)8)41-37(46)35(28(3)4)42-36(45)29(5)34(49-9)23-15-13-2/h12-13,18,20-21,26,28-29,32-35,43H,1-2,14-17,19,22-25,27H2,3-11H3,(H,41,46)(H,42,45)/t29-,32?,33?,34-,35?/m1/s1. The quantitative estimate of drug-likeness (QED) is 0.0583. The molecule has 0 aliphatic carbocycles. The molecule has 292 valence electrons. The lowest BCUT2D eigenvalue weighted by molar-refractivity contribution is -0.153. The van der Waals surface area contributed by atoms with E-state index in [9.17, 15) is 19.2 Å². The minimum absolute atomic E-state index is 0.0125. The van der Waals surface area contributed by atoms with Gasteiger partial charge in [0, 0.05) is 20.1 Å². The monoisotopic (exact) mass is 742 g/mol. The number of rotatable bonds is 21. The van der Waals surface area contributed by atoms with Crippen molar-refractivity contribution in [2.75, 3.05) is 20.3 Å². The topological polar surface area (TPSA) is 135 Å². The number of nitrogens with one attached hydrogen (secondary N) is 3. The van der Waals surface area contributed by atoms with E-state index in [1.807, 2.05) is 44.2 Å². The van der Waals surface area contributed by atoms with Crippen molar-refractivity contribution < 1.29 is 33.1 Å². The van der Waals surface area contributed by atoms with E-state index in [-0.39, 0.29) is 29.4 Å². The van der Waals surface area contributed by atoms with E-state index in [0.29, 0.717) is 44.6 Å². The molecule has 2 rings (SSSR count). The summed E-state index contributed by atoms with van der Waals surface area (Å²) in [6.45, 7) is 24.5. The minimum atomic E-state index is -2.15. The van der Waals surface area contributed by atoms with Crippen LogP contribution in [0.5, 0.6) is 5.75 Å². The Morgan fingerprint density at radius 3 is 2.35 bits per heavy atom. The van der Waals surface area contributed by atoms with Gasteiger partial charge in [-0.25, -0.2) is 5.43 Å². The third kappa shape index (κ3) is 13.8. The average molecular weight is 743 g/mol. The average Bonchev–Trinajstić information content (AvgIpc) is 3.09. The Balaban J connectivity index is 2.35. The molecule has 0 saturated carbocycles. The number of ether oxygens (including phenoxy) is 2. The SMILES string of the molecule is C=CCCCCOC(=O)C1CCCN(C(=O)C(Cc2cccc(O[Si](C)(C)C(C)(C)C)c2)NC(=O)C(NC(=O)[C@H](C)[C@@H](CCC=C)OC)C(C)C)N1. The summed E-state index contributed by atoms with van der Waals surface area (Å²) in [4.78, 5) is 54.6. The molecule has 1 aromatic carbocycles. The van der Waals surface area contributed by atoms with Crippen LogP contribution in [0.2, 0.25) is 18.1 Å². The summed E-state index contributed by atoms with van der Waals surface area (Å²) in [5, 5.41) is 7.29.